The van der Waals surface area contributed by atoms with Gasteiger partial charge in [0, 0.05) is 0 Å². The van der Waals surface area contributed by atoms with E-state index in [4.69, 9.17) is 11.8 Å². The average Bonchev–Trinajstić information content (AvgIpc) is 2.24. The summed E-state index contributed by atoms with van der Waals surface area (Å²) >= 11 is 15.5. The van der Waals surface area contributed by atoms with Crippen LogP contribution in [0, 0.1) is 0 Å². The molecular formula is C12H27PS4. The third-order valence-corrected chi connectivity index (χ3v) is 8.15. The van der Waals surface area contributed by atoms with Crippen molar-refractivity contribution in [2.75, 3.05) is 5.75 Å². The standard InChI is InChI=1S/C12H27PS4/c1-2-3-4-5-6-7-8-9-10-11-12-17-13(14,15)16/h2-12H2,1H3,(H2,14,15,16). The number of hydrogen-bond acceptors (Lipinski definition) is 2. The molecule has 0 aliphatic carbocycles. The molecule has 0 saturated carbocycles. The van der Waals surface area contributed by atoms with E-state index in [2.05, 4.69) is 31.4 Å². The number of unbranched alkanes of at least 4 members (excludes halogenated alkanes) is 9. The first-order chi connectivity index (χ1) is 8.06. The van der Waals surface area contributed by atoms with Gasteiger partial charge in [-0.15, -0.1) is 35.9 Å². The minimum atomic E-state index is -1.60. The monoisotopic (exact) mass is 330 g/mol. The smallest absolute Gasteiger partial charge is 0.103 e. The molecule has 0 atom stereocenters. The molecular weight excluding hydrogens is 303 g/mol. The summed E-state index contributed by atoms with van der Waals surface area (Å²) in [6.07, 6.45) is 13.9. The van der Waals surface area contributed by atoms with Crippen LogP contribution in [0.3, 0.4) is 0 Å². The second-order valence-corrected chi connectivity index (χ2v) is 18.7. The van der Waals surface area contributed by atoms with Crippen LogP contribution in [-0.4, -0.2) is 5.75 Å². The molecule has 0 radical (unpaired) electrons. The van der Waals surface area contributed by atoms with Gasteiger partial charge in [0.05, 0.1) is 0 Å². The van der Waals surface area contributed by atoms with E-state index in [9.17, 15) is 0 Å². The van der Waals surface area contributed by atoms with Gasteiger partial charge >= 0.3 is 0 Å². The van der Waals surface area contributed by atoms with Crippen molar-refractivity contribution in [1.82, 2.24) is 0 Å². The van der Waals surface area contributed by atoms with E-state index in [1.165, 1.54) is 64.2 Å². The first-order valence-electron chi connectivity index (χ1n) is 6.76. The highest BCUT2D eigenvalue weighted by molar-refractivity contribution is 9.17. The van der Waals surface area contributed by atoms with Crippen LogP contribution in [0.15, 0.2) is 0 Å². The molecule has 5 heteroatoms. The molecule has 0 amide bonds. The van der Waals surface area contributed by atoms with Gasteiger partial charge in [0.25, 0.3) is 0 Å². The molecule has 0 aromatic carbocycles. The Balaban J connectivity index is 3.01. The van der Waals surface area contributed by atoms with Crippen molar-refractivity contribution in [2.45, 2.75) is 71.1 Å². The Bertz CT molecular complexity index is 203. The van der Waals surface area contributed by atoms with Crippen molar-refractivity contribution >= 4 is 51.3 Å². The highest BCUT2D eigenvalue weighted by Gasteiger charge is 2.03. The zero-order chi connectivity index (χ0) is 13.0. The summed E-state index contributed by atoms with van der Waals surface area (Å²) in [6.45, 7) is 2.27. The molecule has 0 aromatic heterocycles. The number of hydrogen-bond donors (Lipinski definition) is 2. The molecule has 0 aliphatic rings. The van der Waals surface area contributed by atoms with Gasteiger partial charge < -0.3 is 0 Å². The summed E-state index contributed by atoms with van der Waals surface area (Å²) in [4.78, 5) is 0. The van der Waals surface area contributed by atoms with Crippen molar-refractivity contribution in [3.63, 3.8) is 0 Å². The molecule has 0 aliphatic heterocycles. The van der Waals surface area contributed by atoms with Gasteiger partial charge in [0.2, 0.25) is 0 Å². The van der Waals surface area contributed by atoms with Crippen LogP contribution in [0.1, 0.15) is 71.1 Å². The summed E-state index contributed by atoms with van der Waals surface area (Å²) in [7, 11) is 0. The van der Waals surface area contributed by atoms with Crippen molar-refractivity contribution in [3.8, 4) is 0 Å². The van der Waals surface area contributed by atoms with Crippen molar-refractivity contribution in [3.05, 3.63) is 0 Å². The normalized spacial score (nSPS) is 11.9. The van der Waals surface area contributed by atoms with Gasteiger partial charge in [-0.05, 0) is 12.2 Å². The summed E-state index contributed by atoms with van der Waals surface area (Å²) in [5, 5.41) is 0. The number of thiol groups is 2. The molecule has 104 valence electrons. The maximum atomic E-state index is 5.16. The van der Waals surface area contributed by atoms with E-state index in [0.717, 1.165) is 5.75 Å². The third kappa shape index (κ3) is 17.7. The van der Waals surface area contributed by atoms with Gasteiger partial charge in [0.1, 0.15) is 3.64 Å². The SMILES string of the molecule is CCCCCCCCCCCCSP(=S)(S)S. The van der Waals surface area contributed by atoms with Crippen LogP contribution in [0.4, 0.5) is 0 Å². The van der Waals surface area contributed by atoms with Crippen LogP contribution < -0.4 is 0 Å². The van der Waals surface area contributed by atoms with E-state index in [0.29, 0.717) is 0 Å². The highest BCUT2D eigenvalue weighted by Crippen LogP contribution is 2.67. The van der Waals surface area contributed by atoms with Crippen molar-refractivity contribution in [2.24, 2.45) is 0 Å². The molecule has 0 heterocycles. The predicted molar refractivity (Wildman–Crippen MR) is 96.6 cm³/mol. The van der Waals surface area contributed by atoms with Crippen molar-refractivity contribution < 1.29 is 0 Å². The Kier molecular flexibility index (Phi) is 14.0. The molecule has 0 rings (SSSR count). The Labute approximate surface area is 128 Å². The Morgan fingerprint density at radius 2 is 1.24 bits per heavy atom. The summed E-state index contributed by atoms with van der Waals surface area (Å²) in [6, 6.07) is 0. The Hall–Kier alpha value is 1.70. The summed E-state index contributed by atoms with van der Waals surface area (Å²) in [5.74, 6) is 1.14. The average molecular weight is 331 g/mol. The number of rotatable bonds is 12. The lowest BCUT2D eigenvalue weighted by molar-refractivity contribution is 0.563. The predicted octanol–water partition coefficient (Wildman–Crippen LogP) is 6.72. The lowest BCUT2D eigenvalue weighted by Crippen LogP contribution is -1.82. The van der Waals surface area contributed by atoms with Crippen LogP contribution in [-0.2, 0) is 11.8 Å². The summed E-state index contributed by atoms with van der Waals surface area (Å²) in [5.41, 5.74) is 0. The highest BCUT2D eigenvalue weighted by atomic mass is 33.5. The minimum Gasteiger partial charge on any atom is -0.122 e. The van der Waals surface area contributed by atoms with Gasteiger partial charge in [-0.1, -0.05) is 76.5 Å². The quantitative estimate of drug-likeness (QED) is 0.231. The van der Waals surface area contributed by atoms with Crippen LogP contribution >= 0.6 is 39.5 Å². The van der Waals surface area contributed by atoms with E-state index >= 15 is 0 Å². The first-order valence-corrected chi connectivity index (χ1v) is 13.5. The van der Waals surface area contributed by atoms with Crippen molar-refractivity contribution in [1.29, 1.82) is 0 Å². The maximum absolute atomic E-state index is 5.16. The fourth-order valence-corrected chi connectivity index (χ4v) is 5.59. The van der Waals surface area contributed by atoms with Crippen LogP contribution in [0.2, 0.25) is 0 Å². The van der Waals surface area contributed by atoms with Gasteiger partial charge in [-0.3, -0.25) is 0 Å². The first kappa shape index (κ1) is 18.7. The third-order valence-electron chi connectivity index (χ3n) is 2.76. The summed E-state index contributed by atoms with van der Waals surface area (Å²) < 4.78 is -1.60. The molecule has 0 nitrogen and oxygen atoms in total. The fourth-order valence-electron chi connectivity index (χ4n) is 1.77. The molecule has 17 heavy (non-hydrogen) atoms. The van der Waals surface area contributed by atoms with Crippen LogP contribution in [0.25, 0.3) is 0 Å². The maximum Gasteiger partial charge on any atom is 0.103 e. The lowest BCUT2D eigenvalue weighted by atomic mass is 10.1. The molecule has 0 fully saturated rings. The molecule has 0 bridgehead atoms. The van der Waals surface area contributed by atoms with E-state index in [1.54, 1.807) is 11.4 Å². The van der Waals surface area contributed by atoms with Gasteiger partial charge in [-0.25, -0.2) is 0 Å². The second kappa shape index (κ2) is 12.7. The lowest BCUT2D eigenvalue weighted by Gasteiger charge is -2.06. The van der Waals surface area contributed by atoms with Gasteiger partial charge in [-0.2, -0.15) is 0 Å². The fraction of sp³-hybridized carbons (Fsp3) is 1.00. The zero-order valence-corrected chi connectivity index (χ0v) is 15.3. The molecule has 0 aromatic rings. The minimum absolute atomic E-state index is 1.14. The molecule has 0 spiro atoms. The topological polar surface area (TPSA) is 0 Å². The van der Waals surface area contributed by atoms with E-state index in [-0.39, 0.29) is 0 Å². The molecule has 0 unspecified atom stereocenters. The van der Waals surface area contributed by atoms with E-state index in [1.807, 2.05) is 0 Å². The van der Waals surface area contributed by atoms with Crippen LogP contribution in [0.5, 0.6) is 0 Å². The largest absolute Gasteiger partial charge is 0.122 e. The molecule has 0 N–H and O–H groups in total. The van der Waals surface area contributed by atoms with Gasteiger partial charge in [0.15, 0.2) is 0 Å². The Morgan fingerprint density at radius 1 is 0.824 bits per heavy atom. The Morgan fingerprint density at radius 3 is 1.65 bits per heavy atom. The zero-order valence-electron chi connectivity index (χ0n) is 10.9. The second-order valence-electron chi connectivity index (χ2n) is 4.51. The van der Waals surface area contributed by atoms with E-state index < -0.39 is 3.64 Å². The molecule has 0 saturated heterocycles.